The van der Waals surface area contributed by atoms with Gasteiger partial charge in [0.2, 0.25) is 5.91 Å². The quantitative estimate of drug-likeness (QED) is 0.859. The van der Waals surface area contributed by atoms with Crippen molar-refractivity contribution in [2.24, 2.45) is 5.73 Å². The summed E-state index contributed by atoms with van der Waals surface area (Å²) in [7, 11) is 0. The van der Waals surface area contributed by atoms with E-state index in [1.807, 2.05) is 56.3 Å². The summed E-state index contributed by atoms with van der Waals surface area (Å²) in [5.74, 6) is -0.0891. The molecule has 1 aliphatic heterocycles. The number of thioether (sulfide) groups is 1. The molecule has 0 saturated carbocycles. The van der Waals surface area contributed by atoms with Crippen LogP contribution in [0.3, 0.4) is 0 Å². The van der Waals surface area contributed by atoms with Gasteiger partial charge in [-0.3, -0.25) is 9.78 Å². The molecule has 2 aromatic rings. The van der Waals surface area contributed by atoms with Gasteiger partial charge < -0.3 is 15.7 Å². The fourth-order valence-corrected chi connectivity index (χ4v) is 4.42. The van der Waals surface area contributed by atoms with Crippen molar-refractivity contribution in [2.75, 3.05) is 6.54 Å². The molecule has 3 N–H and O–H groups in total. The average molecular weight is 357 g/mol. The predicted octanol–water partition coefficient (Wildman–Crippen LogP) is 2.50. The molecule has 6 heteroatoms. The Morgan fingerprint density at radius 3 is 2.60 bits per heavy atom. The lowest BCUT2D eigenvalue weighted by Crippen LogP contribution is -2.47. The molecule has 2 heterocycles. The number of carbonyl (C=O) groups excluding carboxylic acids is 1. The third kappa shape index (κ3) is 4.03. The van der Waals surface area contributed by atoms with Crippen molar-refractivity contribution in [1.29, 1.82) is 0 Å². The molecular weight excluding hydrogens is 334 g/mol. The van der Waals surface area contributed by atoms with Gasteiger partial charge in [-0.2, -0.15) is 0 Å². The van der Waals surface area contributed by atoms with E-state index in [0.717, 1.165) is 11.1 Å². The maximum Gasteiger partial charge on any atom is 0.240 e. The van der Waals surface area contributed by atoms with Crippen LogP contribution in [0.4, 0.5) is 0 Å². The second-order valence-electron chi connectivity index (χ2n) is 7.01. The number of aromatic nitrogens is 1. The van der Waals surface area contributed by atoms with Crippen LogP contribution in [-0.2, 0) is 4.79 Å². The molecule has 5 nitrogen and oxygen atoms in total. The second-order valence-corrected chi connectivity index (χ2v) is 8.23. The van der Waals surface area contributed by atoms with Crippen molar-refractivity contribution < 1.29 is 9.90 Å². The molecule has 3 atom stereocenters. The van der Waals surface area contributed by atoms with Crippen molar-refractivity contribution in [3.05, 3.63) is 66.0 Å². The monoisotopic (exact) mass is 357 g/mol. The Bertz CT molecular complexity index is 718. The lowest BCUT2D eigenvalue weighted by molar-refractivity contribution is -0.132. The number of nitrogens with zero attached hydrogens (tertiary/aromatic N) is 2. The number of carbonyl (C=O) groups is 1. The molecule has 0 spiro atoms. The molecule has 0 radical (unpaired) electrons. The van der Waals surface area contributed by atoms with Crippen LogP contribution in [0.5, 0.6) is 0 Å². The third-order valence-electron chi connectivity index (χ3n) is 4.06. The molecule has 132 valence electrons. The Kier molecular flexibility index (Phi) is 5.13. The normalized spacial score (nSPS) is 22.2. The Labute approximate surface area is 152 Å². The highest BCUT2D eigenvalue weighted by molar-refractivity contribution is 8.01. The van der Waals surface area contributed by atoms with E-state index in [9.17, 15) is 9.90 Å². The standard InChI is InChI=1S/C19H23N3O2S/c1-19(2,20)12-22-17(24)16(15(23)13-7-4-3-5-8-13)25-18(22)14-9-6-10-21-11-14/h3-11,15-16,18,23H,12,20H2,1-2H3. The zero-order valence-electron chi connectivity index (χ0n) is 14.4. The maximum atomic E-state index is 13.1. The van der Waals surface area contributed by atoms with Gasteiger partial charge in [0.05, 0.1) is 6.10 Å². The SMILES string of the molecule is CC(C)(N)CN1C(=O)C(C(O)c2ccccc2)SC1c1cccnc1. The number of hydrogen-bond acceptors (Lipinski definition) is 5. The van der Waals surface area contributed by atoms with Gasteiger partial charge in [0.25, 0.3) is 0 Å². The molecule has 1 saturated heterocycles. The fraction of sp³-hybridized carbons (Fsp3) is 0.368. The molecule has 3 unspecified atom stereocenters. The number of amides is 1. The molecule has 1 aromatic carbocycles. The maximum absolute atomic E-state index is 13.1. The topological polar surface area (TPSA) is 79.5 Å². The summed E-state index contributed by atoms with van der Waals surface area (Å²) in [6, 6.07) is 13.1. The molecule has 0 aliphatic carbocycles. The molecule has 0 bridgehead atoms. The van der Waals surface area contributed by atoms with E-state index in [0.29, 0.717) is 6.54 Å². The Morgan fingerprint density at radius 1 is 1.28 bits per heavy atom. The number of hydrogen-bond donors (Lipinski definition) is 2. The summed E-state index contributed by atoms with van der Waals surface area (Å²) < 4.78 is 0. The van der Waals surface area contributed by atoms with E-state index in [1.165, 1.54) is 11.8 Å². The van der Waals surface area contributed by atoms with E-state index in [1.54, 1.807) is 17.3 Å². The minimum absolute atomic E-state index is 0.0891. The van der Waals surface area contributed by atoms with Crippen molar-refractivity contribution in [2.45, 2.75) is 36.1 Å². The van der Waals surface area contributed by atoms with E-state index in [2.05, 4.69) is 4.98 Å². The molecular formula is C19H23N3O2S. The summed E-state index contributed by atoms with van der Waals surface area (Å²) in [6.07, 6.45) is 2.61. The summed E-state index contributed by atoms with van der Waals surface area (Å²) in [5, 5.41) is 9.99. The van der Waals surface area contributed by atoms with Crippen LogP contribution in [0.15, 0.2) is 54.9 Å². The van der Waals surface area contributed by atoms with Crippen molar-refractivity contribution in [3.8, 4) is 0 Å². The summed E-state index contributed by atoms with van der Waals surface area (Å²) >= 11 is 1.45. The van der Waals surface area contributed by atoms with E-state index in [-0.39, 0.29) is 11.3 Å². The van der Waals surface area contributed by atoms with Crippen LogP contribution >= 0.6 is 11.8 Å². The zero-order chi connectivity index (χ0) is 18.0. The van der Waals surface area contributed by atoms with Gasteiger partial charge in [0, 0.05) is 30.0 Å². The second kappa shape index (κ2) is 7.15. The van der Waals surface area contributed by atoms with Crippen molar-refractivity contribution in [1.82, 2.24) is 9.88 Å². The number of nitrogens with two attached hydrogens (primary N) is 1. The van der Waals surface area contributed by atoms with Crippen LogP contribution in [0.2, 0.25) is 0 Å². The Morgan fingerprint density at radius 2 is 2.00 bits per heavy atom. The van der Waals surface area contributed by atoms with Gasteiger partial charge in [-0.15, -0.1) is 11.8 Å². The largest absolute Gasteiger partial charge is 0.387 e. The highest BCUT2D eigenvalue weighted by atomic mass is 32.2. The molecule has 1 amide bonds. The fourth-order valence-electron chi connectivity index (χ4n) is 2.96. The molecule has 1 aromatic heterocycles. The molecule has 1 aliphatic rings. The lowest BCUT2D eigenvalue weighted by atomic mass is 10.0. The number of rotatable bonds is 5. The number of pyridine rings is 1. The van der Waals surface area contributed by atoms with Crippen LogP contribution in [-0.4, -0.2) is 38.2 Å². The smallest absolute Gasteiger partial charge is 0.240 e. The first-order chi connectivity index (χ1) is 11.9. The first kappa shape index (κ1) is 17.9. The van der Waals surface area contributed by atoms with Crippen LogP contribution in [0, 0.1) is 0 Å². The van der Waals surface area contributed by atoms with Gasteiger partial charge in [-0.1, -0.05) is 36.4 Å². The van der Waals surface area contributed by atoms with Gasteiger partial charge in [-0.25, -0.2) is 0 Å². The van der Waals surface area contributed by atoms with Crippen LogP contribution < -0.4 is 5.73 Å². The van der Waals surface area contributed by atoms with Crippen LogP contribution in [0.1, 0.15) is 36.5 Å². The van der Waals surface area contributed by atoms with E-state index in [4.69, 9.17) is 5.73 Å². The summed E-state index contributed by atoms with van der Waals surface area (Å²) in [6.45, 7) is 4.20. The molecule has 25 heavy (non-hydrogen) atoms. The Hall–Kier alpha value is -1.89. The van der Waals surface area contributed by atoms with Crippen molar-refractivity contribution >= 4 is 17.7 Å². The molecule has 3 rings (SSSR count). The third-order valence-corrected chi connectivity index (χ3v) is 5.60. The average Bonchev–Trinajstić information content (AvgIpc) is 2.91. The minimum Gasteiger partial charge on any atom is -0.387 e. The number of aliphatic hydroxyl groups is 1. The zero-order valence-corrected chi connectivity index (χ0v) is 15.2. The first-order valence-electron chi connectivity index (χ1n) is 8.24. The lowest BCUT2D eigenvalue weighted by Gasteiger charge is -2.30. The van der Waals surface area contributed by atoms with Gasteiger partial charge in [0.1, 0.15) is 10.6 Å². The van der Waals surface area contributed by atoms with E-state index >= 15 is 0 Å². The van der Waals surface area contributed by atoms with Crippen LogP contribution in [0.25, 0.3) is 0 Å². The van der Waals surface area contributed by atoms with Gasteiger partial charge in [0.15, 0.2) is 0 Å². The number of benzene rings is 1. The Balaban J connectivity index is 1.91. The summed E-state index contributed by atoms with van der Waals surface area (Å²) in [5.41, 5.74) is 7.33. The summed E-state index contributed by atoms with van der Waals surface area (Å²) in [4.78, 5) is 19.0. The van der Waals surface area contributed by atoms with Gasteiger partial charge in [-0.05, 0) is 25.5 Å². The highest BCUT2D eigenvalue weighted by Crippen LogP contribution is 2.47. The minimum atomic E-state index is -0.858. The highest BCUT2D eigenvalue weighted by Gasteiger charge is 2.45. The number of aliphatic hydroxyl groups excluding tert-OH is 1. The van der Waals surface area contributed by atoms with Gasteiger partial charge >= 0.3 is 0 Å². The van der Waals surface area contributed by atoms with Crippen molar-refractivity contribution in [3.63, 3.8) is 0 Å². The van der Waals surface area contributed by atoms with E-state index < -0.39 is 16.9 Å². The first-order valence-corrected chi connectivity index (χ1v) is 9.19. The predicted molar refractivity (Wildman–Crippen MR) is 99.7 cm³/mol. The molecule has 1 fully saturated rings.